The van der Waals surface area contributed by atoms with Gasteiger partial charge in [0.2, 0.25) is 0 Å². The number of Topliss-reactive ketones (excluding diaryl/α,β-unsaturated/α-hetero) is 1. The van der Waals surface area contributed by atoms with Gasteiger partial charge in [0.1, 0.15) is 36.0 Å². The number of sulfone groups is 1. The lowest BCUT2D eigenvalue weighted by atomic mass is 10.1. The molecule has 0 bridgehead atoms. The summed E-state index contributed by atoms with van der Waals surface area (Å²) in [6.45, 7) is 6.01. The zero-order valence-electron chi connectivity index (χ0n) is 23.1. The van der Waals surface area contributed by atoms with Gasteiger partial charge < -0.3 is 23.3 Å². The molecule has 40 heavy (non-hydrogen) atoms. The average Bonchev–Trinajstić information content (AvgIpc) is 3.30. The van der Waals surface area contributed by atoms with E-state index in [0.29, 0.717) is 23.9 Å². The fraction of sp³-hybridized carbons (Fsp3) is 0.423. The molecule has 0 N–H and O–H groups in total. The molecule has 0 saturated heterocycles. The number of ketones is 1. The van der Waals surface area contributed by atoms with E-state index in [-0.39, 0.29) is 54.1 Å². The van der Waals surface area contributed by atoms with Crippen molar-refractivity contribution < 1.29 is 41.0 Å². The van der Waals surface area contributed by atoms with Gasteiger partial charge in [0.15, 0.2) is 21.4 Å². The Balaban J connectivity index is 1.82. The normalized spacial score (nSPS) is 12.7. The third-order valence-corrected chi connectivity index (χ3v) is 8.37. The molecule has 14 heteroatoms. The summed E-state index contributed by atoms with van der Waals surface area (Å²) in [7, 11) is -5.20. The number of carbonyl (C=O) groups excluding carboxylic acids is 1. The van der Waals surface area contributed by atoms with E-state index < -0.39 is 17.4 Å². The first-order valence-corrected chi connectivity index (χ1v) is 16.1. The number of nitrogens with zero attached hydrogens (tertiary/aromatic N) is 3. The molecule has 0 spiro atoms. The van der Waals surface area contributed by atoms with Crippen molar-refractivity contribution in [1.82, 2.24) is 14.8 Å². The first-order chi connectivity index (χ1) is 18.9. The second-order valence-corrected chi connectivity index (χ2v) is 12.8. The van der Waals surface area contributed by atoms with Crippen molar-refractivity contribution >= 4 is 23.2 Å². The minimum atomic E-state index is -3.40. The third-order valence-electron chi connectivity index (χ3n) is 5.30. The summed E-state index contributed by atoms with van der Waals surface area (Å²) in [4.78, 5) is 17.6. The lowest BCUT2D eigenvalue weighted by Gasteiger charge is -2.16. The van der Waals surface area contributed by atoms with Crippen LogP contribution in [-0.4, -0.2) is 68.3 Å². The van der Waals surface area contributed by atoms with Crippen LogP contribution in [0.15, 0.2) is 53.7 Å². The predicted molar refractivity (Wildman–Crippen MR) is 147 cm³/mol. The molecule has 12 nitrogen and oxygen atoms in total. The number of carbonyl (C=O) groups is 1. The molecule has 0 radical (unpaired) electrons. The lowest BCUT2D eigenvalue weighted by molar-refractivity contribution is 0.0914. The van der Waals surface area contributed by atoms with E-state index in [4.69, 9.17) is 23.3 Å². The number of methoxy groups -OCH3 is 1. The maximum atomic E-state index is 13.2. The average molecular weight is 596 g/mol. The fourth-order valence-corrected chi connectivity index (χ4v) is 5.82. The molecule has 2 aromatic carbocycles. The van der Waals surface area contributed by atoms with Crippen molar-refractivity contribution in [3.8, 4) is 17.2 Å². The Morgan fingerprint density at radius 3 is 2.27 bits per heavy atom. The van der Waals surface area contributed by atoms with Crippen molar-refractivity contribution in [2.45, 2.75) is 44.5 Å². The van der Waals surface area contributed by atoms with Crippen LogP contribution in [0.25, 0.3) is 0 Å². The molecule has 0 unspecified atom stereocenters. The van der Waals surface area contributed by atoms with Gasteiger partial charge in [-0.05, 0) is 57.2 Å². The van der Waals surface area contributed by atoms with Crippen molar-refractivity contribution in [2.75, 3.05) is 33.2 Å². The Labute approximate surface area is 234 Å². The SMILES string of the molecule is CCOP(=O)(Cn1cnc(CC(=O)c2cc(Oc3ccc(S(C)(=O)=O)cc3)cc(O[C@@H](C)COC)c2)n1)OCC. The highest BCUT2D eigenvalue weighted by Crippen LogP contribution is 2.49. The van der Waals surface area contributed by atoms with Crippen LogP contribution < -0.4 is 9.47 Å². The third kappa shape index (κ3) is 9.24. The van der Waals surface area contributed by atoms with E-state index in [2.05, 4.69) is 10.1 Å². The zero-order valence-corrected chi connectivity index (χ0v) is 24.8. The number of hydrogen-bond donors (Lipinski definition) is 0. The molecule has 0 aliphatic rings. The molecular weight excluding hydrogens is 561 g/mol. The van der Waals surface area contributed by atoms with Gasteiger partial charge in [0, 0.05) is 25.0 Å². The van der Waals surface area contributed by atoms with E-state index >= 15 is 0 Å². The monoisotopic (exact) mass is 595 g/mol. The van der Waals surface area contributed by atoms with Gasteiger partial charge >= 0.3 is 7.60 Å². The molecule has 218 valence electrons. The number of aromatic nitrogens is 3. The first-order valence-electron chi connectivity index (χ1n) is 12.5. The molecule has 1 heterocycles. The van der Waals surface area contributed by atoms with Crippen LogP contribution in [0.5, 0.6) is 17.2 Å². The van der Waals surface area contributed by atoms with Crippen LogP contribution in [0.2, 0.25) is 0 Å². The molecule has 0 fully saturated rings. The van der Waals surface area contributed by atoms with Crippen molar-refractivity contribution in [3.63, 3.8) is 0 Å². The van der Waals surface area contributed by atoms with Gasteiger partial charge in [0.05, 0.1) is 31.1 Å². The highest BCUT2D eigenvalue weighted by atomic mass is 32.2. The number of ether oxygens (including phenoxy) is 3. The van der Waals surface area contributed by atoms with Gasteiger partial charge in [-0.25, -0.2) is 18.1 Å². The quantitative estimate of drug-likeness (QED) is 0.170. The standard InChI is InChI=1S/C26H34N3O9PS/c1-6-35-39(31,36-7-2)18-29-17-27-26(28-29)15-25(30)20-12-22(37-19(3)16-34-4)14-23(13-20)38-21-8-10-24(11-9-21)40(5,32)33/h8-14,17,19H,6-7,15-16,18H2,1-5H3/t19-/m0/s1. The molecule has 3 aromatic rings. The molecule has 1 atom stereocenters. The minimum Gasteiger partial charge on any atom is -0.488 e. The first kappa shape index (κ1) is 31.4. The molecule has 1 aromatic heterocycles. The summed E-state index contributed by atoms with van der Waals surface area (Å²) in [5.74, 6) is 0.984. The Bertz CT molecular complexity index is 1430. The van der Waals surface area contributed by atoms with E-state index in [1.54, 1.807) is 39.2 Å². The maximum Gasteiger partial charge on any atom is 0.351 e. The smallest absolute Gasteiger partial charge is 0.351 e. The van der Waals surface area contributed by atoms with Gasteiger partial charge in [-0.15, -0.1) is 0 Å². The molecule has 0 saturated carbocycles. The van der Waals surface area contributed by atoms with Gasteiger partial charge in [-0.3, -0.25) is 9.36 Å². The van der Waals surface area contributed by atoms with E-state index in [1.165, 1.54) is 35.3 Å². The summed E-state index contributed by atoms with van der Waals surface area (Å²) in [6, 6.07) is 10.7. The maximum absolute atomic E-state index is 13.2. The highest BCUT2D eigenvalue weighted by Gasteiger charge is 2.25. The van der Waals surface area contributed by atoms with Crippen LogP contribution in [0.1, 0.15) is 37.0 Å². The van der Waals surface area contributed by atoms with E-state index in [0.717, 1.165) is 6.26 Å². The summed E-state index contributed by atoms with van der Waals surface area (Å²) in [6.07, 6.45) is 1.92. The largest absolute Gasteiger partial charge is 0.488 e. The van der Waals surface area contributed by atoms with Crippen LogP contribution in [0.4, 0.5) is 0 Å². The highest BCUT2D eigenvalue weighted by molar-refractivity contribution is 7.90. The zero-order chi connectivity index (χ0) is 29.3. The Morgan fingerprint density at radius 2 is 1.68 bits per heavy atom. The van der Waals surface area contributed by atoms with Crippen LogP contribution in [-0.2, 0) is 40.9 Å². The topological polar surface area (TPSA) is 145 Å². The van der Waals surface area contributed by atoms with Crippen molar-refractivity contribution in [3.05, 3.63) is 60.2 Å². The molecule has 0 aliphatic carbocycles. The van der Waals surface area contributed by atoms with Crippen molar-refractivity contribution in [2.24, 2.45) is 0 Å². The van der Waals surface area contributed by atoms with Crippen LogP contribution in [0, 0.1) is 0 Å². The van der Waals surface area contributed by atoms with Crippen molar-refractivity contribution in [1.29, 1.82) is 0 Å². The lowest BCUT2D eigenvalue weighted by Crippen LogP contribution is -2.18. The van der Waals surface area contributed by atoms with Gasteiger partial charge in [-0.2, -0.15) is 5.10 Å². The molecule has 3 rings (SSSR count). The number of benzene rings is 2. The summed E-state index contributed by atoms with van der Waals surface area (Å²) >= 11 is 0. The second kappa shape index (κ2) is 14.0. The summed E-state index contributed by atoms with van der Waals surface area (Å²) in [5, 5.41) is 4.26. The van der Waals surface area contributed by atoms with E-state index in [1.807, 2.05) is 6.92 Å². The fourth-order valence-electron chi connectivity index (χ4n) is 3.67. The molecule has 0 aliphatic heterocycles. The second-order valence-electron chi connectivity index (χ2n) is 8.81. The van der Waals surface area contributed by atoms with Crippen LogP contribution >= 0.6 is 7.60 Å². The van der Waals surface area contributed by atoms with E-state index in [9.17, 15) is 17.8 Å². The predicted octanol–water partition coefficient (Wildman–Crippen LogP) is 4.54. The minimum absolute atomic E-state index is 0.132. The Hall–Kier alpha value is -3.09. The summed E-state index contributed by atoms with van der Waals surface area (Å²) < 4.78 is 65.2. The number of rotatable bonds is 16. The van der Waals surface area contributed by atoms with Gasteiger partial charge in [0.25, 0.3) is 0 Å². The Kier molecular flexibility index (Phi) is 11.0. The molecular formula is C26H34N3O9PS. The van der Waals surface area contributed by atoms with Crippen LogP contribution in [0.3, 0.4) is 0 Å². The number of hydrogen-bond acceptors (Lipinski definition) is 11. The summed E-state index contributed by atoms with van der Waals surface area (Å²) in [5.41, 5.74) is 0.288. The van der Waals surface area contributed by atoms with Gasteiger partial charge in [-0.1, -0.05) is 0 Å². The Morgan fingerprint density at radius 1 is 1.02 bits per heavy atom. The molecule has 0 amide bonds.